The van der Waals surface area contributed by atoms with Gasteiger partial charge in [0.1, 0.15) is 11.2 Å². The molecule has 4 aromatic heterocycles. The molecule has 1 amide bonds. The fraction of sp³-hybridized carbons (Fsp3) is 0.143. The molecule has 1 N–H and O–H groups in total. The van der Waals surface area contributed by atoms with Gasteiger partial charge < -0.3 is 5.32 Å². The molecule has 24 heavy (non-hydrogen) atoms. The molecule has 4 aromatic rings. The summed E-state index contributed by atoms with van der Waals surface area (Å²) in [4.78, 5) is 13.2. The molecule has 0 aliphatic rings. The van der Waals surface area contributed by atoms with Crippen molar-refractivity contribution in [3.8, 4) is 5.69 Å². The molecule has 4 heterocycles. The van der Waals surface area contributed by atoms with Crippen molar-refractivity contribution in [1.29, 1.82) is 0 Å². The van der Waals surface area contributed by atoms with Crippen molar-refractivity contribution in [2.75, 3.05) is 0 Å². The Morgan fingerprint density at radius 2 is 2.21 bits per heavy atom. The van der Waals surface area contributed by atoms with Crippen molar-refractivity contribution in [1.82, 2.24) is 40.1 Å². The standard InChI is InChI=1S/C14H12N8OS/c1-9(13-18-17-11-4-2-3-6-21(11)13)16-14(23)12-10(5-7-24-12)22-8-15-19-20-22/h2-9H,1H3,(H,16,23). The lowest BCUT2D eigenvalue weighted by atomic mass is 10.3. The summed E-state index contributed by atoms with van der Waals surface area (Å²) in [6.07, 6.45) is 3.32. The van der Waals surface area contributed by atoms with E-state index in [0.29, 0.717) is 16.4 Å². The van der Waals surface area contributed by atoms with Crippen molar-refractivity contribution in [2.45, 2.75) is 13.0 Å². The molecule has 0 fully saturated rings. The van der Waals surface area contributed by atoms with E-state index in [0.717, 1.165) is 5.65 Å². The van der Waals surface area contributed by atoms with Crippen LogP contribution in [-0.4, -0.2) is 40.7 Å². The zero-order valence-electron chi connectivity index (χ0n) is 12.6. The van der Waals surface area contributed by atoms with Crippen LogP contribution in [0.25, 0.3) is 11.3 Å². The second-order valence-corrected chi connectivity index (χ2v) is 5.99. The Labute approximate surface area is 140 Å². The van der Waals surface area contributed by atoms with Crippen LogP contribution in [0.5, 0.6) is 0 Å². The van der Waals surface area contributed by atoms with Gasteiger partial charge in [0, 0.05) is 6.20 Å². The molecule has 0 aromatic carbocycles. The third kappa shape index (κ3) is 2.42. The number of fused-ring (bicyclic) bond motifs is 1. The molecule has 0 aliphatic heterocycles. The Morgan fingerprint density at radius 1 is 1.29 bits per heavy atom. The lowest BCUT2D eigenvalue weighted by Gasteiger charge is -2.12. The molecule has 10 heteroatoms. The van der Waals surface area contributed by atoms with Crippen molar-refractivity contribution >= 4 is 22.9 Å². The van der Waals surface area contributed by atoms with Gasteiger partial charge in [0.25, 0.3) is 5.91 Å². The average Bonchev–Trinajstić information content (AvgIpc) is 3.33. The van der Waals surface area contributed by atoms with Gasteiger partial charge in [-0.25, -0.2) is 0 Å². The number of hydrogen-bond donors (Lipinski definition) is 1. The molecular weight excluding hydrogens is 328 g/mol. The minimum absolute atomic E-state index is 0.212. The van der Waals surface area contributed by atoms with Crippen molar-refractivity contribution in [3.05, 3.63) is 52.9 Å². The largest absolute Gasteiger partial charge is 0.342 e. The van der Waals surface area contributed by atoms with E-state index in [1.165, 1.54) is 22.3 Å². The number of thiophene rings is 1. The van der Waals surface area contributed by atoms with Crippen LogP contribution < -0.4 is 5.32 Å². The third-order valence-electron chi connectivity index (χ3n) is 3.52. The normalized spacial score (nSPS) is 12.4. The van der Waals surface area contributed by atoms with E-state index >= 15 is 0 Å². The number of aromatic nitrogens is 7. The predicted molar refractivity (Wildman–Crippen MR) is 85.9 cm³/mol. The number of tetrazole rings is 1. The second kappa shape index (κ2) is 5.81. The highest BCUT2D eigenvalue weighted by Crippen LogP contribution is 2.21. The van der Waals surface area contributed by atoms with E-state index < -0.39 is 0 Å². The Morgan fingerprint density at radius 3 is 3.04 bits per heavy atom. The van der Waals surface area contributed by atoms with Crippen LogP contribution in [0, 0.1) is 0 Å². The van der Waals surface area contributed by atoms with Crippen LogP contribution in [0.4, 0.5) is 0 Å². The molecular formula is C14H12N8OS. The molecule has 120 valence electrons. The van der Waals surface area contributed by atoms with Gasteiger partial charge in [0.2, 0.25) is 0 Å². The van der Waals surface area contributed by atoms with Crippen LogP contribution >= 0.6 is 11.3 Å². The number of carbonyl (C=O) groups excluding carboxylic acids is 1. The lowest BCUT2D eigenvalue weighted by Crippen LogP contribution is -2.28. The van der Waals surface area contributed by atoms with Gasteiger partial charge in [-0.15, -0.1) is 26.6 Å². The summed E-state index contributed by atoms with van der Waals surface area (Å²) < 4.78 is 3.31. The summed E-state index contributed by atoms with van der Waals surface area (Å²) >= 11 is 1.33. The molecule has 9 nitrogen and oxygen atoms in total. The van der Waals surface area contributed by atoms with Crippen molar-refractivity contribution in [3.63, 3.8) is 0 Å². The fourth-order valence-corrected chi connectivity index (χ4v) is 3.19. The van der Waals surface area contributed by atoms with E-state index in [-0.39, 0.29) is 11.9 Å². The first-order chi connectivity index (χ1) is 11.7. The van der Waals surface area contributed by atoms with E-state index in [9.17, 15) is 4.79 Å². The molecule has 1 unspecified atom stereocenters. The van der Waals surface area contributed by atoms with Crippen LogP contribution in [-0.2, 0) is 0 Å². The fourth-order valence-electron chi connectivity index (χ4n) is 2.41. The van der Waals surface area contributed by atoms with Crippen molar-refractivity contribution in [2.24, 2.45) is 0 Å². The van der Waals surface area contributed by atoms with Gasteiger partial charge in [-0.1, -0.05) is 6.07 Å². The van der Waals surface area contributed by atoms with Gasteiger partial charge in [-0.3, -0.25) is 9.20 Å². The van der Waals surface area contributed by atoms with Crippen LogP contribution in [0.2, 0.25) is 0 Å². The summed E-state index contributed by atoms with van der Waals surface area (Å²) in [5.41, 5.74) is 1.37. The van der Waals surface area contributed by atoms with Crippen molar-refractivity contribution < 1.29 is 4.79 Å². The number of hydrogen-bond acceptors (Lipinski definition) is 7. The van der Waals surface area contributed by atoms with Crippen LogP contribution in [0.15, 0.2) is 42.2 Å². The molecule has 1 atom stereocenters. The molecule has 0 radical (unpaired) electrons. The molecule has 0 aliphatic carbocycles. The van der Waals surface area contributed by atoms with E-state index in [1.807, 2.05) is 41.1 Å². The maximum Gasteiger partial charge on any atom is 0.264 e. The Kier molecular flexibility index (Phi) is 3.50. The first-order valence-corrected chi connectivity index (χ1v) is 8.03. The molecule has 0 saturated carbocycles. The molecule has 0 saturated heterocycles. The SMILES string of the molecule is CC(NC(=O)c1sccc1-n1cnnn1)c1nnc2ccccn12. The Balaban J connectivity index is 1.60. The third-order valence-corrected chi connectivity index (χ3v) is 4.42. The summed E-state index contributed by atoms with van der Waals surface area (Å²) in [6, 6.07) is 7.14. The minimum Gasteiger partial charge on any atom is -0.342 e. The predicted octanol–water partition coefficient (Wildman–Crippen LogP) is 1.26. The first-order valence-electron chi connectivity index (χ1n) is 7.15. The van der Waals surface area contributed by atoms with E-state index in [2.05, 4.69) is 31.0 Å². The van der Waals surface area contributed by atoms with Gasteiger partial charge >= 0.3 is 0 Å². The summed E-state index contributed by atoms with van der Waals surface area (Å²) in [5, 5.41) is 24.1. The summed E-state index contributed by atoms with van der Waals surface area (Å²) in [7, 11) is 0. The summed E-state index contributed by atoms with van der Waals surface area (Å²) in [6.45, 7) is 1.87. The topological polar surface area (TPSA) is 103 Å². The van der Waals surface area contributed by atoms with Crippen LogP contribution in [0.1, 0.15) is 28.5 Å². The number of nitrogens with one attached hydrogen (secondary N) is 1. The maximum absolute atomic E-state index is 12.6. The quantitative estimate of drug-likeness (QED) is 0.600. The minimum atomic E-state index is -0.307. The molecule has 0 bridgehead atoms. The Bertz CT molecular complexity index is 989. The number of carbonyl (C=O) groups is 1. The zero-order chi connectivity index (χ0) is 16.5. The van der Waals surface area contributed by atoms with Gasteiger partial charge in [0.05, 0.1) is 11.7 Å². The zero-order valence-corrected chi connectivity index (χ0v) is 13.4. The molecule has 0 spiro atoms. The van der Waals surface area contributed by atoms with Gasteiger partial charge in [0.15, 0.2) is 11.5 Å². The smallest absolute Gasteiger partial charge is 0.264 e. The van der Waals surface area contributed by atoms with Gasteiger partial charge in [-0.05, 0) is 40.9 Å². The highest BCUT2D eigenvalue weighted by Gasteiger charge is 2.20. The second-order valence-electron chi connectivity index (χ2n) is 5.07. The number of rotatable bonds is 4. The number of amides is 1. The van der Waals surface area contributed by atoms with E-state index in [1.54, 1.807) is 6.07 Å². The highest BCUT2D eigenvalue weighted by atomic mass is 32.1. The highest BCUT2D eigenvalue weighted by molar-refractivity contribution is 7.12. The number of nitrogens with zero attached hydrogens (tertiary/aromatic N) is 7. The monoisotopic (exact) mass is 340 g/mol. The first kappa shape index (κ1) is 14.5. The number of pyridine rings is 1. The van der Waals surface area contributed by atoms with E-state index in [4.69, 9.17) is 0 Å². The average molecular weight is 340 g/mol. The Hall–Kier alpha value is -3.14. The van der Waals surface area contributed by atoms with Gasteiger partial charge in [-0.2, -0.15) is 4.68 Å². The molecule has 4 rings (SSSR count). The van der Waals surface area contributed by atoms with Crippen LogP contribution in [0.3, 0.4) is 0 Å². The maximum atomic E-state index is 12.6. The lowest BCUT2D eigenvalue weighted by molar-refractivity contribution is 0.0942. The summed E-state index contributed by atoms with van der Waals surface area (Å²) in [5.74, 6) is 0.454.